The van der Waals surface area contributed by atoms with E-state index < -0.39 is 0 Å². The first-order chi connectivity index (χ1) is 10.7. The van der Waals surface area contributed by atoms with Crippen molar-refractivity contribution in [2.45, 2.75) is 26.8 Å². The number of aryl methyl sites for hydroxylation is 2. The summed E-state index contributed by atoms with van der Waals surface area (Å²) in [6.07, 6.45) is 0.930. The van der Waals surface area contributed by atoms with E-state index >= 15 is 0 Å². The quantitative estimate of drug-likeness (QED) is 0.743. The molecule has 0 unspecified atom stereocenters. The van der Waals surface area contributed by atoms with Gasteiger partial charge >= 0.3 is 0 Å². The number of hydrogen-bond acceptors (Lipinski definition) is 5. The van der Waals surface area contributed by atoms with Gasteiger partial charge in [-0.15, -0.1) is 0 Å². The minimum Gasteiger partial charge on any atom is -0.493 e. The highest BCUT2D eigenvalue weighted by atomic mass is 16.5. The summed E-state index contributed by atoms with van der Waals surface area (Å²) in [6.45, 7) is 5.21. The summed E-state index contributed by atoms with van der Waals surface area (Å²) in [4.78, 5) is 4.47. The van der Waals surface area contributed by atoms with E-state index in [1.807, 2.05) is 36.7 Å². The van der Waals surface area contributed by atoms with Crippen molar-refractivity contribution in [3.8, 4) is 17.1 Å². The molecule has 1 aliphatic heterocycles. The fraction of sp³-hybridized carbons (Fsp3) is 0.312. The van der Waals surface area contributed by atoms with Gasteiger partial charge in [0, 0.05) is 17.7 Å². The maximum Gasteiger partial charge on any atom is 0.248 e. The van der Waals surface area contributed by atoms with Gasteiger partial charge in [-0.25, -0.2) is 0 Å². The van der Waals surface area contributed by atoms with E-state index in [1.165, 1.54) is 5.56 Å². The summed E-state index contributed by atoms with van der Waals surface area (Å²) in [5, 5.41) is 8.48. The number of rotatable bonds is 3. The minimum atomic E-state index is 0.487. The molecule has 0 aliphatic carbocycles. The lowest BCUT2D eigenvalue weighted by molar-refractivity contribution is 0.357. The molecule has 6 heteroatoms. The van der Waals surface area contributed by atoms with Crippen LogP contribution >= 0.6 is 0 Å². The molecule has 0 radical (unpaired) electrons. The lowest BCUT2D eigenvalue weighted by atomic mass is 10.1. The molecule has 1 aliphatic rings. The third kappa shape index (κ3) is 2.26. The monoisotopic (exact) mass is 296 g/mol. The Hall–Kier alpha value is -2.63. The predicted octanol–water partition coefficient (Wildman–Crippen LogP) is 2.53. The first-order valence-electron chi connectivity index (χ1n) is 7.29. The molecule has 0 N–H and O–H groups in total. The second-order valence-electron chi connectivity index (χ2n) is 5.52. The Kier molecular flexibility index (Phi) is 2.96. The van der Waals surface area contributed by atoms with Crippen LogP contribution in [0.3, 0.4) is 0 Å². The zero-order valence-corrected chi connectivity index (χ0v) is 12.5. The number of benzene rings is 1. The fourth-order valence-electron chi connectivity index (χ4n) is 2.73. The van der Waals surface area contributed by atoms with Gasteiger partial charge < -0.3 is 9.26 Å². The van der Waals surface area contributed by atoms with Gasteiger partial charge in [0.1, 0.15) is 12.3 Å². The van der Waals surface area contributed by atoms with Crippen molar-refractivity contribution in [1.29, 1.82) is 0 Å². The lowest BCUT2D eigenvalue weighted by Gasteiger charge is -2.00. The molecular formula is C16H16N4O2. The Bertz CT molecular complexity index is 835. The number of hydrogen-bond donors (Lipinski definition) is 0. The van der Waals surface area contributed by atoms with Crippen LogP contribution in [0.15, 0.2) is 28.8 Å². The molecule has 4 rings (SSSR count). The summed E-state index contributed by atoms with van der Waals surface area (Å²) in [5.74, 6) is 2.11. The summed E-state index contributed by atoms with van der Waals surface area (Å²) in [6, 6.07) is 8.02. The molecule has 3 aromatic rings. The second-order valence-corrected chi connectivity index (χ2v) is 5.52. The summed E-state index contributed by atoms with van der Waals surface area (Å²) >= 11 is 0. The third-order valence-corrected chi connectivity index (χ3v) is 3.80. The summed E-state index contributed by atoms with van der Waals surface area (Å²) in [5.41, 5.74) is 4.21. The lowest BCUT2D eigenvalue weighted by Crippen LogP contribution is -2.04. The van der Waals surface area contributed by atoms with Crippen molar-refractivity contribution in [3.05, 3.63) is 47.1 Å². The average molecular weight is 296 g/mol. The molecule has 0 saturated carbocycles. The predicted molar refractivity (Wildman–Crippen MR) is 79.7 cm³/mol. The normalized spacial score (nSPS) is 13.2. The highest BCUT2D eigenvalue weighted by Crippen LogP contribution is 2.29. The van der Waals surface area contributed by atoms with E-state index in [2.05, 4.69) is 21.3 Å². The average Bonchev–Trinajstić information content (AvgIpc) is 3.19. The van der Waals surface area contributed by atoms with Crippen LogP contribution in [0.1, 0.15) is 22.8 Å². The second kappa shape index (κ2) is 4.98. The smallest absolute Gasteiger partial charge is 0.248 e. The van der Waals surface area contributed by atoms with E-state index in [9.17, 15) is 0 Å². The van der Waals surface area contributed by atoms with Gasteiger partial charge in [-0.2, -0.15) is 10.1 Å². The maximum absolute atomic E-state index is 5.51. The molecule has 1 aromatic carbocycles. The molecule has 0 spiro atoms. The van der Waals surface area contributed by atoms with Crippen molar-refractivity contribution >= 4 is 0 Å². The van der Waals surface area contributed by atoms with E-state index in [-0.39, 0.29) is 0 Å². The molecule has 0 atom stereocenters. The van der Waals surface area contributed by atoms with Crippen molar-refractivity contribution in [2.75, 3.05) is 6.61 Å². The molecule has 3 heterocycles. The van der Waals surface area contributed by atoms with E-state index in [4.69, 9.17) is 9.26 Å². The zero-order valence-electron chi connectivity index (χ0n) is 12.5. The minimum absolute atomic E-state index is 0.487. The summed E-state index contributed by atoms with van der Waals surface area (Å²) < 4.78 is 12.7. The highest BCUT2D eigenvalue weighted by Gasteiger charge is 2.16. The molecule has 112 valence electrons. The van der Waals surface area contributed by atoms with Crippen molar-refractivity contribution in [3.63, 3.8) is 0 Å². The van der Waals surface area contributed by atoms with E-state index in [0.29, 0.717) is 18.3 Å². The molecule has 0 bridgehead atoms. The molecular weight excluding hydrogens is 280 g/mol. The van der Waals surface area contributed by atoms with Crippen LogP contribution in [0.5, 0.6) is 5.75 Å². The SMILES string of the molecule is Cc1cc(C)n(Cc2nc(-c3ccc4c(c3)CCO4)no2)n1. The Morgan fingerprint density at radius 3 is 2.95 bits per heavy atom. The van der Waals surface area contributed by atoms with Gasteiger partial charge in [0.2, 0.25) is 11.7 Å². The zero-order chi connectivity index (χ0) is 15.1. The molecule has 0 amide bonds. The standard InChI is InChI=1S/C16H16N4O2/c1-10-7-11(2)20(18-10)9-15-17-16(19-22-15)13-3-4-14-12(8-13)5-6-21-14/h3-4,7-8H,5-6,9H2,1-2H3. The largest absolute Gasteiger partial charge is 0.493 e. The Labute approximate surface area is 127 Å². The molecule has 22 heavy (non-hydrogen) atoms. The number of ether oxygens (including phenoxy) is 1. The van der Waals surface area contributed by atoms with Gasteiger partial charge in [-0.05, 0) is 43.7 Å². The molecule has 0 saturated heterocycles. The van der Waals surface area contributed by atoms with E-state index in [1.54, 1.807) is 0 Å². The number of fused-ring (bicyclic) bond motifs is 1. The molecule has 2 aromatic heterocycles. The van der Waals surface area contributed by atoms with Gasteiger partial charge in [0.05, 0.1) is 12.3 Å². The Morgan fingerprint density at radius 1 is 1.23 bits per heavy atom. The van der Waals surface area contributed by atoms with Crippen LogP contribution in [0.4, 0.5) is 0 Å². The van der Waals surface area contributed by atoms with Gasteiger partial charge in [0.25, 0.3) is 0 Å². The molecule has 0 fully saturated rings. The van der Waals surface area contributed by atoms with Crippen LogP contribution in [-0.2, 0) is 13.0 Å². The van der Waals surface area contributed by atoms with Crippen molar-refractivity contribution < 1.29 is 9.26 Å². The Balaban J connectivity index is 1.60. The first kappa shape index (κ1) is 13.1. The van der Waals surface area contributed by atoms with Crippen molar-refractivity contribution in [1.82, 2.24) is 19.9 Å². The van der Waals surface area contributed by atoms with Gasteiger partial charge in [0.15, 0.2) is 0 Å². The van der Waals surface area contributed by atoms with Crippen molar-refractivity contribution in [2.24, 2.45) is 0 Å². The third-order valence-electron chi connectivity index (χ3n) is 3.80. The summed E-state index contributed by atoms with van der Waals surface area (Å²) in [7, 11) is 0. The maximum atomic E-state index is 5.51. The Morgan fingerprint density at radius 2 is 2.14 bits per heavy atom. The van der Waals surface area contributed by atoms with E-state index in [0.717, 1.165) is 35.7 Å². The number of aromatic nitrogens is 4. The highest BCUT2D eigenvalue weighted by molar-refractivity contribution is 5.59. The first-order valence-corrected chi connectivity index (χ1v) is 7.29. The number of nitrogens with zero attached hydrogens (tertiary/aromatic N) is 4. The van der Waals surface area contributed by atoms with Gasteiger partial charge in [-0.1, -0.05) is 5.16 Å². The molecule has 6 nitrogen and oxygen atoms in total. The fourth-order valence-corrected chi connectivity index (χ4v) is 2.73. The van der Waals surface area contributed by atoms with Crippen LogP contribution in [0.2, 0.25) is 0 Å². The van der Waals surface area contributed by atoms with Crippen LogP contribution in [0, 0.1) is 13.8 Å². The van der Waals surface area contributed by atoms with Crippen LogP contribution in [-0.4, -0.2) is 26.5 Å². The topological polar surface area (TPSA) is 66.0 Å². The van der Waals surface area contributed by atoms with Crippen LogP contribution < -0.4 is 4.74 Å². The van der Waals surface area contributed by atoms with Gasteiger partial charge in [-0.3, -0.25) is 4.68 Å². The van der Waals surface area contributed by atoms with Crippen LogP contribution in [0.25, 0.3) is 11.4 Å².